The van der Waals surface area contributed by atoms with Gasteiger partial charge in [-0.15, -0.1) is 0 Å². The Balaban J connectivity index is 1.68. The molecule has 2 N–H and O–H groups in total. The summed E-state index contributed by atoms with van der Waals surface area (Å²) in [6.07, 6.45) is 19.1. The number of hydrogen-bond donors (Lipinski definition) is 2. The molecule has 4 aliphatic carbocycles. The molecule has 2 nitrogen and oxygen atoms in total. The molecule has 4 aliphatic rings. The van der Waals surface area contributed by atoms with Crippen molar-refractivity contribution in [2.45, 2.75) is 46.0 Å². The number of rotatable bonds is 0. The van der Waals surface area contributed by atoms with E-state index in [-0.39, 0.29) is 10.8 Å². The van der Waals surface area contributed by atoms with Crippen molar-refractivity contribution in [2.24, 2.45) is 34.5 Å². The maximum Gasteiger partial charge on any atom is 0.113 e. The van der Waals surface area contributed by atoms with Crippen molar-refractivity contribution < 1.29 is 10.2 Å². The smallest absolute Gasteiger partial charge is 0.113 e. The van der Waals surface area contributed by atoms with E-state index in [1.807, 2.05) is 6.11 Å². The Morgan fingerprint density at radius 2 is 1.92 bits per heavy atom. The number of aliphatic hydroxyl groups excluding tert-OH is 2. The van der Waals surface area contributed by atoms with Crippen molar-refractivity contribution in [3.8, 4) is 24.1 Å². The first-order chi connectivity index (χ1) is 12.0. The molecule has 0 heterocycles. The van der Waals surface area contributed by atoms with Crippen LogP contribution in [0.3, 0.4) is 0 Å². The van der Waals surface area contributed by atoms with Crippen molar-refractivity contribution in [1.82, 2.24) is 0 Å². The molecule has 0 aromatic heterocycles. The summed E-state index contributed by atoms with van der Waals surface area (Å²) in [5.74, 6) is 8.25. The summed E-state index contributed by atoms with van der Waals surface area (Å²) >= 11 is 0. The fourth-order valence-electron chi connectivity index (χ4n) is 6.43. The minimum Gasteiger partial charge on any atom is -0.462 e. The van der Waals surface area contributed by atoms with Gasteiger partial charge in [0, 0.05) is 16.9 Å². The molecule has 130 valence electrons. The van der Waals surface area contributed by atoms with Crippen molar-refractivity contribution in [3.63, 3.8) is 0 Å². The van der Waals surface area contributed by atoms with Gasteiger partial charge in [0.25, 0.3) is 0 Å². The van der Waals surface area contributed by atoms with E-state index in [1.165, 1.54) is 24.8 Å². The highest BCUT2D eigenvalue weighted by molar-refractivity contribution is 5.51. The van der Waals surface area contributed by atoms with Crippen LogP contribution in [0.5, 0.6) is 0 Å². The first-order valence-electron chi connectivity index (χ1n) is 9.44. The Hall–Kier alpha value is -2.06. The van der Waals surface area contributed by atoms with Crippen LogP contribution in [0, 0.1) is 58.6 Å². The molecule has 1 unspecified atom stereocenters. The minimum absolute atomic E-state index is 0.0750. The molecule has 2 saturated carbocycles. The number of hydrogen-bond acceptors (Lipinski definition) is 2. The Morgan fingerprint density at radius 3 is 2.68 bits per heavy atom. The molecule has 2 fully saturated rings. The molecule has 0 radical (unpaired) electrons. The largest absolute Gasteiger partial charge is 0.462 e. The predicted octanol–water partition coefficient (Wildman–Crippen LogP) is 4.54. The van der Waals surface area contributed by atoms with Crippen LogP contribution in [-0.4, -0.2) is 10.2 Å². The van der Waals surface area contributed by atoms with Gasteiger partial charge in [-0.25, -0.2) is 0 Å². The molecule has 0 aliphatic heterocycles. The summed E-state index contributed by atoms with van der Waals surface area (Å²) < 4.78 is 0. The monoisotopic (exact) mass is 334 g/mol. The Labute approximate surface area is 150 Å². The zero-order valence-electron chi connectivity index (χ0n) is 15.0. The molecule has 25 heavy (non-hydrogen) atoms. The highest BCUT2D eigenvalue weighted by Crippen LogP contribution is 2.65. The third-order valence-electron chi connectivity index (χ3n) is 7.80. The van der Waals surface area contributed by atoms with Crippen LogP contribution in [0.4, 0.5) is 0 Å². The highest BCUT2D eigenvalue weighted by Gasteiger charge is 2.57. The zero-order chi connectivity index (χ0) is 17.7. The SMILES string of the molecule is C[C@]12C=CC(C#CO)=CC1=CC[C@@H]1[C@H]2CC[C@]2(C)C(C#CO)CC[C@@H]12. The zero-order valence-corrected chi connectivity index (χ0v) is 15.0. The molecule has 0 aromatic carbocycles. The molecule has 0 spiro atoms. The fraction of sp³-hybridized carbons (Fsp3) is 0.565. The summed E-state index contributed by atoms with van der Waals surface area (Å²) in [6.45, 7) is 4.78. The lowest BCUT2D eigenvalue weighted by atomic mass is 9.49. The second kappa shape index (κ2) is 5.74. The van der Waals surface area contributed by atoms with Crippen LogP contribution in [0.2, 0.25) is 0 Å². The summed E-state index contributed by atoms with van der Waals surface area (Å²) in [5, 5.41) is 18.0. The number of aliphatic hydroxyl groups is 2. The molecule has 0 amide bonds. The van der Waals surface area contributed by atoms with Gasteiger partial charge in [0.2, 0.25) is 0 Å². The maximum atomic E-state index is 9.11. The van der Waals surface area contributed by atoms with Gasteiger partial charge in [0.05, 0.1) is 0 Å². The van der Waals surface area contributed by atoms with Crippen LogP contribution < -0.4 is 0 Å². The van der Waals surface area contributed by atoms with E-state index in [1.54, 1.807) is 0 Å². The fourth-order valence-corrected chi connectivity index (χ4v) is 6.43. The van der Waals surface area contributed by atoms with Crippen LogP contribution >= 0.6 is 0 Å². The van der Waals surface area contributed by atoms with Gasteiger partial charge >= 0.3 is 0 Å². The first-order valence-corrected chi connectivity index (χ1v) is 9.44. The topological polar surface area (TPSA) is 40.5 Å². The van der Waals surface area contributed by atoms with Gasteiger partial charge in [-0.1, -0.05) is 31.9 Å². The number of fused-ring (bicyclic) bond motifs is 5. The van der Waals surface area contributed by atoms with Crippen molar-refractivity contribution in [3.05, 3.63) is 35.5 Å². The lowest BCUT2D eigenvalue weighted by Gasteiger charge is -2.55. The lowest BCUT2D eigenvalue weighted by Crippen LogP contribution is -2.48. The summed E-state index contributed by atoms with van der Waals surface area (Å²) in [4.78, 5) is 0. The molecule has 4 rings (SSSR count). The van der Waals surface area contributed by atoms with Gasteiger partial charge in [0.15, 0.2) is 0 Å². The van der Waals surface area contributed by atoms with E-state index in [2.05, 4.69) is 56.1 Å². The summed E-state index contributed by atoms with van der Waals surface area (Å²) in [6, 6.07) is 0. The molecule has 6 atom stereocenters. The summed E-state index contributed by atoms with van der Waals surface area (Å²) in [7, 11) is 0. The van der Waals surface area contributed by atoms with Gasteiger partial charge in [-0.2, -0.15) is 0 Å². The Bertz CT molecular complexity index is 793. The summed E-state index contributed by atoms with van der Waals surface area (Å²) in [5.41, 5.74) is 2.58. The number of allylic oxidation sites excluding steroid dienone is 6. The maximum absolute atomic E-state index is 9.11. The van der Waals surface area contributed by atoms with Crippen LogP contribution in [-0.2, 0) is 0 Å². The average molecular weight is 334 g/mol. The van der Waals surface area contributed by atoms with E-state index in [0.29, 0.717) is 23.7 Å². The van der Waals surface area contributed by atoms with Crippen LogP contribution in [0.25, 0.3) is 0 Å². The third-order valence-corrected chi connectivity index (χ3v) is 7.80. The molecule has 0 bridgehead atoms. The van der Waals surface area contributed by atoms with Gasteiger partial charge in [-0.3, -0.25) is 0 Å². The molecular formula is C23H26O2. The molecular weight excluding hydrogens is 308 g/mol. The second-order valence-corrected chi connectivity index (χ2v) is 8.66. The van der Waals surface area contributed by atoms with Crippen LogP contribution in [0.15, 0.2) is 35.5 Å². The molecule has 0 aromatic rings. The average Bonchev–Trinajstić information content (AvgIpc) is 2.93. The predicted molar refractivity (Wildman–Crippen MR) is 98.0 cm³/mol. The van der Waals surface area contributed by atoms with E-state index in [0.717, 1.165) is 18.4 Å². The van der Waals surface area contributed by atoms with Gasteiger partial charge < -0.3 is 10.2 Å². The Kier molecular flexibility index (Phi) is 3.77. The normalized spacial score (nSPS) is 43.9. The molecule has 2 heteroatoms. The van der Waals surface area contributed by atoms with E-state index in [4.69, 9.17) is 10.2 Å². The lowest BCUT2D eigenvalue weighted by molar-refractivity contribution is -0.0108. The standard InChI is InChI=1S/C23H26O2/c1-22-12-8-21-19(20(22)6-4-17(22)10-14-25)5-3-18-15-16(9-13-24)7-11-23(18,21)2/h3,7,11,15,17,19-21,24-25H,4-6,8,12H2,1-2H3/t17?,19-,20-,21+,22+,23-/m0/s1. The molecule has 0 saturated heterocycles. The van der Waals surface area contributed by atoms with Crippen molar-refractivity contribution in [2.75, 3.05) is 0 Å². The van der Waals surface area contributed by atoms with E-state index in [9.17, 15) is 0 Å². The quantitative estimate of drug-likeness (QED) is 0.638. The van der Waals surface area contributed by atoms with E-state index < -0.39 is 0 Å². The van der Waals surface area contributed by atoms with Gasteiger partial charge in [-0.05, 0) is 78.9 Å². The highest BCUT2D eigenvalue weighted by atomic mass is 16.2. The van der Waals surface area contributed by atoms with E-state index >= 15 is 0 Å². The second-order valence-electron chi connectivity index (χ2n) is 8.66. The first kappa shape index (κ1) is 16.4. The minimum atomic E-state index is 0.0750. The van der Waals surface area contributed by atoms with Crippen LogP contribution in [0.1, 0.15) is 46.0 Å². The van der Waals surface area contributed by atoms with Crippen molar-refractivity contribution >= 4 is 0 Å². The van der Waals surface area contributed by atoms with Crippen molar-refractivity contribution in [1.29, 1.82) is 0 Å². The Morgan fingerprint density at radius 1 is 1.08 bits per heavy atom. The van der Waals surface area contributed by atoms with Gasteiger partial charge in [0.1, 0.15) is 12.2 Å². The third kappa shape index (κ3) is 2.27.